The zero-order valence-electron chi connectivity index (χ0n) is 10.4. The zero-order valence-corrected chi connectivity index (χ0v) is 11.2. The molecule has 0 aliphatic heterocycles. The fraction of sp³-hybridized carbons (Fsp3) is 0.214. The molecule has 1 N–H and O–H groups in total. The van der Waals surface area contributed by atoms with Gasteiger partial charge in [-0.05, 0) is 43.8 Å². The number of aromatic nitrogens is 1. The lowest BCUT2D eigenvalue weighted by Gasteiger charge is -2.11. The first-order valence-corrected chi connectivity index (χ1v) is 6.58. The molecule has 1 atom stereocenters. The van der Waals surface area contributed by atoms with Crippen molar-refractivity contribution >= 4 is 11.8 Å². The van der Waals surface area contributed by atoms with Gasteiger partial charge in [-0.15, -0.1) is 0 Å². The summed E-state index contributed by atoms with van der Waals surface area (Å²) in [5.41, 5.74) is 1.14. The Labute approximate surface area is 111 Å². The topological polar surface area (TPSA) is 24.9 Å². The Bertz CT molecular complexity index is 531. The minimum atomic E-state index is -0.212. The number of nitrogens with one attached hydrogen (secondary N) is 1. The Hall–Kier alpha value is -1.39. The fourth-order valence-electron chi connectivity index (χ4n) is 1.56. The van der Waals surface area contributed by atoms with Crippen molar-refractivity contribution in [2.45, 2.75) is 22.9 Å². The number of pyridine rings is 1. The molecule has 0 saturated heterocycles. The SMILES string of the molecule is CNC(C)c1ccnc(Sc2ccccc2F)c1. The number of halogens is 1. The molecule has 2 nitrogen and oxygen atoms in total. The van der Waals surface area contributed by atoms with Crippen molar-refractivity contribution in [3.8, 4) is 0 Å². The maximum atomic E-state index is 13.5. The van der Waals surface area contributed by atoms with Gasteiger partial charge >= 0.3 is 0 Å². The van der Waals surface area contributed by atoms with E-state index in [0.29, 0.717) is 4.90 Å². The van der Waals surface area contributed by atoms with Crippen molar-refractivity contribution in [1.82, 2.24) is 10.3 Å². The van der Waals surface area contributed by atoms with Gasteiger partial charge in [0.2, 0.25) is 0 Å². The number of nitrogens with zero attached hydrogens (tertiary/aromatic N) is 1. The Morgan fingerprint density at radius 2 is 2.06 bits per heavy atom. The fourth-order valence-corrected chi connectivity index (χ4v) is 2.40. The summed E-state index contributed by atoms with van der Waals surface area (Å²) in [5.74, 6) is -0.212. The van der Waals surface area contributed by atoms with Crippen molar-refractivity contribution in [3.05, 3.63) is 54.0 Å². The summed E-state index contributed by atoms with van der Waals surface area (Å²) >= 11 is 1.34. The first-order valence-electron chi connectivity index (χ1n) is 5.76. The summed E-state index contributed by atoms with van der Waals surface area (Å²) in [6.45, 7) is 2.08. The van der Waals surface area contributed by atoms with Crippen LogP contribution < -0.4 is 5.32 Å². The van der Waals surface area contributed by atoms with Gasteiger partial charge in [-0.2, -0.15) is 0 Å². The average molecular weight is 262 g/mol. The molecule has 0 aliphatic rings. The number of hydrogen-bond acceptors (Lipinski definition) is 3. The lowest BCUT2D eigenvalue weighted by atomic mass is 10.1. The van der Waals surface area contributed by atoms with E-state index in [1.165, 1.54) is 17.8 Å². The van der Waals surface area contributed by atoms with Crippen LogP contribution in [-0.4, -0.2) is 12.0 Å². The highest BCUT2D eigenvalue weighted by molar-refractivity contribution is 7.99. The van der Waals surface area contributed by atoms with Crippen molar-refractivity contribution in [2.24, 2.45) is 0 Å². The average Bonchev–Trinajstić information content (AvgIpc) is 2.41. The van der Waals surface area contributed by atoms with Crippen LogP contribution in [0.15, 0.2) is 52.5 Å². The highest BCUT2D eigenvalue weighted by Crippen LogP contribution is 2.29. The predicted octanol–water partition coefficient (Wildman–Crippen LogP) is 3.65. The van der Waals surface area contributed by atoms with Gasteiger partial charge < -0.3 is 5.32 Å². The molecule has 0 spiro atoms. The van der Waals surface area contributed by atoms with Crippen LogP contribution in [0.4, 0.5) is 4.39 Å². The molecule has 1 heterocycles. The first-order chi connectivity index (χ1) is 8.70. The molecule has 94 valence electrons. The van der Waals surface area contributed by atoms with Crippen molar-refractivity contribution < 1.29 is 4.39 Å². The molecule has 1 aromatic heterocycles. The van der Waals surface area contributed by atoms with Crippen LogP contribution in [0, 0.1) is 5.82 Å². The molecule has 0 fully saturated rings. The van der Waals surface area contributed by atoms with Crippen LogP contribution in [0.2, 0.25) is 0 Å². The maximum Gasteiger partial charge on any atom is 0.137 e. The summed E-state index contributed by atoms with van der Waals surface area (Å²) in [6, 6.07) is 10.9. The van der Waals surface area contributed by atoms with E-state index in [9.17, 15) is 4.39 Å². The van der Waals surface area contributed by atoms with E-state index in [-0.39, 0.29) is 11.9 Å². The minimum Gasteiger partial charge on any atom is -0.313 e. The van der Waals surface area contributed by atoms with Crippen molar-refractivity contribution in [2.75, 3.05) is 7.05 Å². The Morgan fingerprint density at radius 3 is 2.78 bits per heavy atom. The van der Waals surface area contributed by atoms with Gasteiger partial charge in [0.25, 0.3) is 0 Å². The number of benzene rings is 1. The highest BCUT2D eigenvalue weighted by atomic mass is 32.2. The molecule has 1 aromatic carbocycles. The van der Waals surface area contributed by atoms with E-state index in [4.69, 9.17) is 0 Å². The highest BCUT2D eigenvalue weighted by Gasteiger charge is 2.07. The van der Waals surface area contributed by atoms with Crippen LogP contribution in [0.1, 0.15) is 18.5 Å². The third-order valence-electron chi connectivity index (χ3n) is 2.74. The second-order valence-corrected chi connectivity index (χ2v) is 5.03. The number of rotatable bonds is 4. The molecule has 0 bridgehead atoms. The van der Waals surface area contributed by atoms with Crippen molar-refractivity contribution in [3.63, 3.8) is 0 Å². The molecule has 18 heavy (non-hydrogen) atoms. The molecule has 0 amide bonds. The molecule has 0 radical (unpaired) electrons. The van der Waals surface area contributed by atoms with Crippen LogP contribution in [0.3, 0.4) is 0 Å². The van der Waals surface area contributed by atoms with Crippen molar-refractivity contribution in [1.29, 1.82) is 0 Å². The van der Waals surface area contributed by atoms with Gasteiger partial charge in [-0.1, -0.05) is 23.9 Å². The summed E-state index contributed by atoms with van der Waals surface area (Å²) < 4.78 is 13.5. The molecule has 2 rings (SSSR count). The quantitative estimate of drug-likeness (QED) is 0.910. The zero-order chi connectivity index (χ0) is 13.0. The molecule has 0 aliphatic carbocycles. The molecular formula is C14H15FN2S. The second-order valence-electron chi connectivity index (χ2n) is 3.97. The molecular weight excluding hydrogens is 247 g/mol. The van der Waals surface area contributed by atoms with Gasteiger partial charge in [0.1, 0.15) is 10.8 Å². The minimum absolute atomic E-state index is 0.212. The smallest absolute Gasteiger partial charge is 0.137 e. The molecule has 4 heteroatoms. The third kappa shape index (κ3) is 3.09. The standard InChI is InChI=1S/C14H15FN2S/c1-10(16-2)11-7-8-17-14(9-11)18-13-6-4-3-5-12(13)15/h3-10,16H,1-2H3. The van der Waals surface area contributed by atoms with Crippen LogP contribution in [0.25, 0.3) is 0 Å². The van der Waals surface area contributed by atoms with Gasteiger partial charge in [-0.25, -0.2) is 9.37 Å². The van der Waals surface area contributed by atoms with Gasteiger partial charge in [0.05, 0.1) is 0 Å². The summed E-state index contributed by atoms with van der Waals surface area (Å²) in [6.07, 6.45) is 1.76. The third-order valence-corrected chi connectivity index (χ3v) is 3.73. The van der Waals surface area contributed by atoms with Crippen LogP contribution >= 0.6 is 11.8 Å². The Kier molecular flexibility index (Phi) is 4.33. The first kappa shape index (κ1) is 13.1. The molecule has 0 saturated carbocycles. The van der Waals surface area contributed by atoms with E-state index in [1.54, 1.807) is 18.3 Å². The lowest BCUT2D eigenvalue weighted by molar-refractivity contribution is 0.602. The van der Waals surface area contributed by atoms with Gasteiger partial charge in [0, 0.05) is 17.1 Å². The van der Waals surface area contributed by atoms with E-state index in [0.717, 1.165) is 10.6 Å². The molecule has 2 aromatic rings. The van der Waals surface area contributed by atoms with E-state index >= 15 is 0 Å². The summed E-state index contributed by atoms with van der Waals surface area (Å²) in [5, 5.41) is 3.98. The molecule has 1 unspecified atom stereocenters. The van der Waals surface area contributed by atoms with Crippen LogP contribution in [-0.2, 0) is 0 Å². The van der Waals surface area contributed by atoms with Crippen LogP contribution in [0.5, 0.6) is 0 Å². The van der Waals surface area contributed by atoms with E-state index in [1.807, 2.05) is 25.2 Å². The summed E-state index contributed by atoms with van der Waals surface area (Å²) in [7, 11) is 1.91. The largest absolute Gasteiger partial charge is 0.313 e. The Morgan fingerprint density at radius 1 is 1.28 bits per heavy atom. The normalized spacial score (nSPS) is 12.4. The second kappa shape index (κ2) is 5.98. The van der Waals surface area contributed by atoms with Gasteiger partial charge in [0.15, 0.2) is 0 Å². The summed E-state index contributed by atoms with van der Waals surface area (Å²) in [4.78, 5) is 4.86. The Balaban J connectivity index is 2.22. The van der Waals surface area contributed by atoms with Gasteiger partial charge in [-0.3, -0.25) is 0 Å². The number of hydrogen-bond donors (Lipinski definition) is 1. The maximum absolute atomic E-state index is 13.5. The lowest BCUT2D eigenvalue weighted by Crippen LogP contribution is -2.12. The van der Waals surface area contributed by atoms with E-state index < -0.39 is 0 Å². The predicted molar refractivity (Wildman–Crippen MR) is 72.2 cm³/mol. The van der Waals surface area contributed by atoms with E-state index in [2.05, 4.69) is 17.2 Å². The monoisotopic (exact) mass is 262 g/mol.